The Morgan fingerprint density at radius 1 is 1.42 bits per heavy atom. The summed E-state index contributed by atoms with van der Waals surface area (Å²) in [5.41, 5.74) is 1.83. The fourth-order valence-corrected chi connectivity index (χ4v) is 0.971. The molecule has 0 amide bonds. The van der Waals surface area contributed by atoms with Crippen LogP contribution in [0.1, 0.15) is 11.1 Å². The van der Waals surface area contributed by atoms with Crippen molar-refractivity contribution >= 4 is 6.08 Å². The SMILES string of the molecule is Cc1cc(C=CCO)ccc1O. The molecule has 2 nitrogen and oxygen atoms in total. The molecule has 0 aliphatic heterocycles. The summed E-state index contributed by atoms with van der Waals surface area (Å²) in [5, 5.41) is 17.7. The Balaban J connectivity index is 2.89. The van der Waals surface area contributed by atoms with Gasteiger partial charge in [0.2, 0.25) is 0 Å². The van der Waals surface area contributed by atoms with Gasteiger partial charge in [0.15, 0.2) is 0 Å². The first-order chi connectivity index (χ1) is 5.74. The number of phenols is 1. The first-order valence-electron chi connectivity index (χ1n) is 3.81. The van der Waals surface area contributed by atoms with E-state index >= 15 is 0 Å². The highest BCUT2D eigenvalue weighted by Gasteiger charge is 1.93. The van der Waals surface area contributed by atoms with Crippen molar-refractivity contribution in [3.63, 3.8) is 0 Å². The van der Waals surface area contributed by atoms with Gasteiger partial charge in [-0.2, -0.15) is 0 Å². The lowest BCUT2D eigenvalue weighted by Gasteiger charge is -1.98. The van der Waals surface area contributed by atoms with E-state index in [4.69, 9.17) is 5.11 Å². The molecule has 1 aromatic carbocycles. The summed E-state index contributed by atoms with van der Waals surface area (Å²) in [6, 6.07) is 5.31. The lowest BCUT2D eigenvalue weighted by atomic mass is 10.1. The third-order valence-corrected chi connectivity index (χ3v) is 1.64. The van der Waals surface area contributed by atoms with Gasteiger partial charge in [0.25, 0.3) is 0 Å². The molecular formula is C10H12O2. The molecule has 0 radical (unpaired) electrons. The maximum absolute atomic E-state index is 9.20. The molecule has 0 aliphatic carbocycles. The maximum Gasteiger partial charge on any atom is 0.118 e. The van der Waals surface area contributed by atoms with Crippen molar-refractivity contribution in [3.8, 4) is 5.75 Å². The summed E-state index contributed by atoms with van der Waals surface area (Å²) >= 11 is 0. The Bertz CT molecular complexity index is 290. The minimum Gasteiger partial charge on any atom is -0.508 e. The number of aliphatic hydroxyl groups excluding tert-OH is 1. The van der Waals surface area contributed by atoms with Crippen LogP contribution in [-0.2, 0) is 0 Å². The number of phenolic OH excluding ortho intramolecular Hbond substituents is 1. The largest absolute Gasteiger partial charge is 0.508 e. The van der Waals surface area contributed by atoms with E-state index in [2.05, 4.69) is 0 Å². The van der Waals surface area contributed by atoms with Crippen molar-refractivity contribution < 1.29 is 10.2 Å². The van der Waals surface area contributed by atoms with Gasteiger partial charge in [0.1, 0.15) is 5.75 Å². The van der Waals surface area contributed by atoms with Crippen molar-refractivity contribution in [3.05, 3.63) is 35.4 Å². The fraction of sp³-hybridized carbons (Fsp3) is 0.200. The second-order valence-corrected chi connectivity index (χ2v) is 2.63. The van der Waals surface area contributed by atoms with E-state index in [0.717, 1.165) is 11.1 Å². The van der Waals surface area contributed by atoms with Crippen molar-refractivity contribution in [1.29, 1.82) is 0 Å². The van der Waals surface area contributed by atoms with Gasteiger partial charge in [0, 0.05) is 0 Å². The molecule has 0 fully saturated rings. The van der Waals surface area contributed by atoms with Gasteiger partial charge in [0.05, 0.1) is 6.61 Å². The average molecular weight is 164 g/mol. The molecule has 1 rings (SSSR count). The van der Waals surface area contributed by atoms with Crippen LogP contribution in [0.25, 0.3) is 6.08 Å². The van der Waals surface area contributed by atoms with Crippen molar-refractivity contribution in [1.82, 2.24) is 0 Å². The minimum absolute atomic E-state index is 0.0416. The Morgan fingerprint density at radius 2 is 2.17 bits per heavy atom. The molecule has 2 N–H and O–H groups in total. The summed E-state index contributed by atoms with van der Waals surface area (Å²) in [5.74, 6) is 0.302. The summed E-state index contributed by atoms with van der Waals surface area (Å²) < 4.78 is 0. The van der Waals surface area contributed by atoms with Crippen molar-refractivity contribution in [2.45, 2.75) is 6.92 Å². The molecule has 0 atom stereocenters. The van der Waals surface area contributed by atoms with Crippen LogP contribution in [0.4, 0.5) is 0 Å². The van der Waals surface area contributed by atoms with E-state index < -0.39 is 0 Å². The number of aliphatic hydroxyl groups is 1. The summed E-state index contributed by atoms with van der Waals surface area (Å²) in [6.45, 7) is 1.88. The number of benzene rings is 1. The predicted molar refractivity (Wildman–Crippen MR) is 49.0 cm³/mol. The van der Waals surface area contributed by atoms with Crippen molar-refractivity contribution in [2.24, 2.45) is 0 Å². The Morgan fingerprint density at radius 3 is 2.75 bits per heavy atom. The van der Waals surface area contributed by atoms with Crippen LogP contribution in [-0.4, -0.2) is 16.8 Å². The fourth-order valence-electron chi connectivity index (χ4n) is 0.971. The van der Waals surface area contributed by atoms with Gasteiger partial charge >= 0.3 is 0 Å². The normalized spacial score (nSPS) is 10.8. The highest BCUT2D eigenvalue weighted by atomic mass is 16.3. The third kappa shape index (κ3) is 2.10. The molecule has 0 heterocycles. The molecule has 64 valence electrons. The summed E-state index contributed by atoms with van der Waals surface area (Å²) in [7, 11) is 0. The predicted octanol–water partition coefficient (Wildman–Crippen LogP) is 1.71. The molecule has 0 aromatic heterocycles. The number of rotatable bonds is 2. The molecule has 0 saturated heterocycles. The highest BCUT2D eigenvalue weighted by molar-refractivity contribution is 5.52. The molecule has 2 heteroatoms. The van der Waals surface area contributed by atoms with E-state index in [1.54, 1.807) is 18.2 Å². The zero-order valence-corrected chi connectivity index (χ0v) is 6.99. The average Bonchev–Trinajstić information content (AvgIpc) is 2.07. The van der Waals surface area contributed by atoms with Gasteiger partial charge in [-0.1, -0.05) is 18.2 Å². The number of hydrogen-bond acceptors (Lipinski definition) is 2. The number of hydrogen-bond donors (Lipinski definition) is 2. The molecule has 0 aliphatic rings. The minimum atomic E-state index is 0.0416. The number of aryl methyl sites for hydroxylation is 1. The van der Waals surface area contributed by atoms with Gasteiger partial charge in [-0.3, -0.25) is 0 Å². The van der Waals surface area contributed by atoms with Crippen LogP contribution in [0.5, 0.6) is 5.75 Å². The van der Waals surface area contributed by atoms with E-state index in [9.17, 15) is 5.11 Å². The first-order valence-corrected chi connectivity index (χ1v) is 3.81. The topological polar surface area (TPSA) is 40.5 Å². The van der Waals surface area contributed by atoms with Gasteiger partial charge in [-0.15, -0.1) is 0 Å². The Kier molecular flexibility index (Phi) is 2.88. The van der Waals surface area contributed by atoms with Crippen LogP contribution in [0, 0.1) is 6.92 Å². The Hall–Kier alpha value is -1.28. The standard InChI is InChI=1S/C10H12O2/c1-8-7-9(3-2-6-11)4-5-10(8)12/h2-5,7,11-12H,6H2,1H3. The van der Waals surface area contributed by atoms with Gasteiger partial charge in [-0.25, -0.2) is 0 Å². The zero-order chi connectivity index (χ0) is 8.97. The van der Waals surface area contributed by atoms with E-state index in [0.29, 0.717) is 5.75 Å². The molecule has 0 spiro atoms. The van der Waals surface area contributed by atoms with Crippen LogP contribution >= 0.6 is 0 Å². The quantitative estimate of drug-likeness (QED) is 0.698. The van der Waals surface area contributed by atoms with Crippen LogP contribution < -0.4 is 0 Å². The zero-order valence-electron chi connectivity index (χ0n) is 6.99. The monoisotopic (exact) mass is 164 g/mol. The smallest absolute Gasteiger partial charge is 0.118 e. The summed E-state index contributed by atoms with van der Waals surface area (Å²) in [4.78, 5) is 0. The molecular weight excluding hydrogens is 152 g/mol. The van der Waals surface area contributed by atoms with Crippen LogP contribution in [0.3, 0.4) is 0 Å². The lowest BCUT2D eigenvalue weighted by Crippen LogP contribution is -1.78. The van der Waals surface area contributed by atoms with Crippen molar-refractivity contribution in [2.75, 3.05) is 6.61 Å². The lowest BCUT2D eigenvalue weighted by molar-refractivity contribution is 0.343. The van der Waals surface area contributed by atoms with E-state index in [1.165, 1.54) is 0 Å². The first kappa shape index (κ1) is 8.81. The van der Waals surface area contributed by atoms with Crippen LogP contribution in [0.2, 0.25) is 0 Å². The Labute approximate surface area is 71.8 Å². The molecule has 0 saturated carbocycles. The molecule has 0 unspecified atom stereocenters. The van der Waals surface area contributed by atoms with Crippen LogP contribution in [0.15, 0.2) is 24.3 Å². The second kappa shape index (κ2) is 3.93. The van der Waals surface area contributed by atoms with Gasteiger partial charge in [-0.05, 0) is 30.2 Å². The maximum atomic E-state index is 9.20. The van der Waals surface area contributed by atoms with E-state index in [-0.39, 0.29) is 6.61 Å². The number of aromatic hydroxyl groups is 1. The molecule has 12 heavy (non-hydrogen) atoms. The van der Waals surface area contributed by atoms with E-state index in [1.807, 2.05) is 19.1 Å². The summed E-state index contributed by atoms with van der Waals surface area (Å²) in [6.07, 6.45) is 3.47. The molecule has 1 aromatic rings. The second-order valence-electron chi connectivity index (χ2n) is 2.63. The highest BCUT2D eigenvalue weighted by Crippen LogP contribution is 2.17. The third-order valence-electron chi connectivity index (χ3n) is 1.64. The van der Waals surface area contributed by atoms with Gasteiger partial charge < -0.3 is 10.2 Å². The molecule has 0 bridgehead atoms.